The van der Waals surface area contributed by atoms with Crippen LogP contribution in [0, 0.1) is 6.07 Å². The lowest BCUT2D eigenvalue weighted by atomic mass is 10.1. The van der Waals surface area contributed by atoms with Gasteiger partial charge in [-0.05, 0) is 17.5 Å². The average molecular weight is 142 g/mol. The van der Waals surface area contributed by atoms with Crippen LogP contribution in [-0.2, 0) is 0 Å². The number of hydrogen-bond acceptors (Lipinski definition) is 1. The number of rotatable bonds is 0. The first-order valence-corrected chi connectivity index (χ1v) is 3.53. The molecule has 0 atom stereocenters. The maximum Gasteiger partial charge on any atom is 0.0393 e. The Kier molecular flexibility index (Phi) is 1.29. The Hall–Kier alpha value is -1.50. The second-order valence-electron chi connectivity index (χ2n) is 2.48. The standard InChI is InChI=1S/C10H8N/c11-10-7-3-5-8-4-1-2-6-9(8)10/h1-3,5-7H,11H2. The Bertz CT molecular complexity index is 374. The van der Waals surface area contributed by atoms with Crippen molar-refractivity contribution in [1.29, 1.82) is 0 Å². The number of anilines is 1. The molecule has 2 N–H and O–H groups in total. The maximum absolute atomic E-state index is 5.74. The van der Waals surface area contributed by atoms with Gasteiger partial charge < -0.3 is 5.73 Å². The van der Waals surface area contributed by atoms with E-state index in [-0.39, 0.29) is 0 Å². The molecule has 1 radical (unpaired) electrons. The minimum atomic E-state index is 0.819. The molecule has 0 saturated carbocycles. The molecule has 2 aromatic carbocycles. The van der Waals surface area contributed by atoms with Crippen LogP contribution in [0.4, 0.5) is 5.69 Å². The monoisotopic (exact) mass is 142 g/mol. The van der Waals surface area contributed by atoms with E-state index in [1.54, 1.807) is 0 Å². The Morgan fingerprint density at radius 3 is 2.82 bits per heavy atom. The van der Waals surface area contributed by atoms with Gasteiger partial charge in [0.05, 0.1) is 0 Å². The molecule has 0 aliphatic rings. The maximum atomic E-state index is 5.74. The number of nitrogens with two attached hydrogens (primary N) is 1. The van der Waals surface area contributed by atoms with Crippen molar-refractivity contribution in [1.82, 2.24) is 0 Å². The summed E-state index contributed by atoms with van der Waals surface area (Å²) in [5, 5.41) is 2.16. The van der Waals surface area contributed by atoms with E-state index in [0.29, 0.717) is 0 Å². The summed E-state index contributed by atoms with van der Waals surface area (Å²) in [5.41, 5.74) is 6.56. The predicted octanol–water partition coefficient (Wildman–Crippen LogP) is 2.22. The van der Waals surface area contributed by atoms with E-state index in [1.165, 1.54) is 0 Å². The Labute approximate surface area is 65.5 Å². The molecule has 1 heteroatoms. The van der Waals surface area contributed by atoms with Gasteiger partial charge in [0.2, 0.25) is 0 Å². The summed E-state index contributed by atoms with van der Waals surface area (Å²) in [6.45, 7) is 0. The highest BCUT2D eigenvalue weighted by Gasteiger charge is 1.93. The third kappa shape index (κ3) is 0.944. The molecule has 0 bridgehead atoms. The summed E-state index contributed by atoms with van der Waals surface area (Å²) in [5.74, 6) is 0. The summed E-state index contributed by atoms with van der Waals surface area (Å²) in [6.07, 6.45) is 0. The summed E-state index contributed by atoms with van der Waals surface area (Å²) in [7, 11) is 0. The Morgan fingerprint density at radius 2 is 2.00 bits per heavy atom. The molecule has 2 aromatic rings. The number of benzene rings is 2. The fraction of sp³-hybridized carbons (Fsp3) is 0. The Balaban J connectivity index is 2.91. The quantitative estimate of drug-likeness (QED) is 0.561. The molecule has 2 rings (SSSR count). The second kappa shape index (κ2) is 2.27. The van der Waals surface area contributed by atoms with Gasteiger partial charge >= 0.3 is 0 Å². The van der Waals surface area contributed by atoms with Gasteiger partial charge in [-0.1, -0.05) is 30.3 Å². The van der Waals surface area contributed by atoms with Crippen LogP contribution in [0.3, 0.4) is 0 Å². The van der Waals surface area contributed by atoms with Crippen molar-refractivity contribution in [2.75, 3.05) is 5.73 Å². The van der Waals surface area contributed by atoms with E-state index < -0.39 is 0 Å². The first-order chi connectivity index (χ1) is 5.38. The number of fused-ring (bicyclic) bond motifs is 1. The lowest BCUT2D eigenvalue weighted by molar-refractivity contribution is 1.72. The van der Waals surface area contributed by atoms with Gasteiger partial charge in [0.1, 0.15) is 0 Å². The Morgan fingerprint density at radius 1 is 1.09 bits per heavy atom. The van der Waals surface area contributed by atoms with Crippen LogP contribution >= 0.6 is 0 Å². The highest BCUT2D eigenvalue weighted by molar-refractivity contribution is 5.92. The SMILES string of the molecule is Nc1cccc2[c]cccc12. The minimum absolute atomic E-state index is 0.819. The van der Waals surface area contributed by atoms with Crippen LogP contribution in [0.1, 0.15) is 0 Å². The minimum Gasteiger partial charge on any atom is -0.398 e. The third-order valence-electron chi connectivity index (χ3n) is 1.74. The first kappa shape index (κ1) is 6.23. The van der Waals surface area contributed by atoms with Crippen molar-refractivity contribution in [3.8, 4) is 0 Å². The number of hydrogen-bond donors (Lipinski definition) is 1. The molecule has 0 spiro atoms. The second-order valence-corrected chi connectivity index (χ2v) is 2.48. The fourth-order valence-electron chi connectivity index (χ4n) is 1.18. The topological polar surface area (TPSA) is 26.0 Å². The zero-order valence-corrected chi connectivity index (χ0v) is 6.04. The van der Waals surface area contributed by atoms with E-state index in [2.05, 4.69) is 6.07 Å². The summed E-state index contributed by atoms with van der Waals surface area (Å²) in [4.78, 5) is 0. The van der Waals surface area contributed by atoms with Gasteiger partial charge in [-0.2, -0.15) is 0 Å². The predicted molar refractivity (Wildman–Crippen MR) is 47.2 cm³/mol. The van der Waals surface area contributed by atoms with E-state index in [1.807, 2.05) is 36.4 Å². The molecule has 0 saturated heterocycles. The lowest BCUT2D eigenvalue weighted by Crippen LogP contribution is -1.84. The largest absolute Gasteiger partial charge is 0.398 e. The van der Waals surface area contributed by atoms with E-state index in [4.69, 9.17) is 5.73 Å². The molecule has 0 aliphatic carbocycles. The van der Waals surface area contributed by atoms with E-state index in [0.717, 1.165) is 16.5 Å². The van der Waals surface area contributed by atoms with Crippen LogP contribution in [0.2, 0.25) is 0 Å². The van der Waals surface area contributed by atoms with E-state index >= 15 is 0 Å². The lowest BCUT2D eigenvalue weighted by Gasteiger charge is -1.98. The van der Waals surface area contributed by atoms with Gasteiger partial charge in [-0.3, -0.25) is 0 Å². The molecule has 11 heavy (non-hydrogen) atoms. The summed E-state index contributed by atoms with van der Waals surface area (Å²) in [6, 6.07) is 14.8. The molecule has 53 valence electrons. The van der Waals surface area contributed by atoms with Crippen molar-refractivity contribution in [2.24, 2.45) is 0 Å². The molecule has 0 aromatic heterocycles. The normalized spacial score (nSPS) is 10.2. The van der Waals surface area contributed by atoms with Crippen LogP contribution in [0.15, 0.2) is 36.4 Å². The van der Waals surface area contributed by atoms with Gasteiger partial charge in [-0.25, -0.2) is 0 Å². The summed E-state index contributed by atoms with van der Waals surface area (Å²) < 4.78 is 0. The van der Waals surface area contributed by atoms with Gasteiger partial charge in [0.25, 0.3) is 0 Å². The smallest absolute Gasteiger partial charge is 0.0393 e. The van der Waals surface area contributed by atoms with Crippen molar-refractivity contribution in [2.45, 2.75) is 0 Å². The molecular formula is C10H8N. The van der Waals surface area contributed by atoms with Gasteiger partial charge in [0, 0.05) is 11.1 Å². The first-order valence-electron chi connectivity index (χ1n) is 3.53. The molecule has 0 amide bonds. The third-order valence-corrected chi connectivity index (χ3v) is 1.74. The van der Waals surface area contributed by atoms with E-state index in [9.17, 15) is 0 Å². The fourth-order valence-corrected chi connectivity index (χ4v) is 1.18. The van der Waals surface area contributed by atoms with Crippen LogP contribution in [0.5, 0.6) is 0 Å². The highest BCUT2D eigenvalue weighted by atomic mass is 14.5. The van der Waals surface area contributed by atoms with Crippen LogP contribution in [-0.4, -0.2) is 0 Å². The van der Waals surface area contributed by atoms with Crippen molar-refractivity contribution >= 4 is 16.5 Å². The highest BCUT2D eigenvalue weighted by Crippen LogP contribution is 2.18. The van der Waals surface area contributed by atoms with Gasteiger partial charge in [-0.15, -0.1) is 0 Å². The van der Waals surface area contributed by atoms with Crippen LogP contribution < -0.4 is 5.73 Å². The van der Waals surface area contributed by atoms with Crippen LogP contribution in [0.25, 0.3) is 10.8 Å². The van der Waals surface area contributed by atoms with Gasteiger partial charge in [0.15, 0.2) is 0 Å². The molecule has 0 heterocycles. The van der Waals surface area contributed by atoms with Crippen molar-refractivity contribution < 1.29 is 0 Å². The summed E-state index contributed by atoms with van der Waals surface area (Å²) >= 11 is 0. The zero-order chi connectivity index (χ0) is 7.68. The molecule has 1 nitrogen and oxygen atoms in total. The molecule has 0 unspecified atom stereocenters. The molecule has 0 fully saturated rings. The van der Waals surface area contributed by atoms with Crippen molar-refractivity contribution in [3.63, 3.8) is 0 Å². The van der Waals surface area contributed by atoms with Crippen molar-refractivity contribution in [3.05, 3.63) is 42.5 Å². The average Bonchev–Trinajstić information content (AvgIpc) is 2.06. The molecular weight excluding hydrogens is 134 g/mol. The zero-order valence-electron chi connectivity index (χ0n) is 6.04. The number of nitrogen functional groups attached to an aromatic ring is 1. The molecule has 0 aliphatic heterocycles.